The fraction of sp³-hybridized carbons (Fsp3) is 0.462. The van der Waals surface area contributed by atoms with Crippen LogP contribution in [-0.4, -0.2) is 52.1 Å². The third-order valence-electron chi connectivity index (χ3n) is 7.14. The number of likely N-dealkylation sites (tertiary alicyclic amines) is 1. The molecule has 0 spiro atoms. The van der Waals surface area contributed by atoms with E-state index >= 15 is 0 Å². The minimum absolute atomic E-state index is 0.0229. The van der Waals surface area contributed by atoms with Gasteiger partial charge in [-0.25, -0.2) is 9.50 Å². The first kappa shape index (κ1) is 22.2. The van der Waals surface area contributed by atoms with Gasteiger partial charge in [0.2, 0.25) is 0 Å². The van der Waals surface area contributed by atoms with E-state index in [9.17, 15) is 10.1 Å². The zero-order valence-electron chi connectivity index (χ0n) is 19.9. The largest absolute Gasteiger partial charge is 0.496 e. The SMILES string of the molecule is COc1ccccc1C(=O)N1CCCC[C@H]1c1cc2nc(N3C[C@@H](C#N)[C@@H](C)C3)c(C)cn2n1. The number of hydrogen-bond acceptors (Lipinski definition) is 6. The second kappa shape index (κ2) is 8.98. The Labute approximate surface area is 199 Å². The van der Waals surface area contributed by atoms with E-state index in [1.165, 1.54) is 0 Å². The number of fused-ring (bicyclic) bond motifs is 1. The van der Waals surface area contributed by atoms with Gasteiger partial charge in [0.1, 0.15) is 11.6 Å². The molecule has 0 unspecified atom stereocenters. The number of aromatic nitrogens is 3. The normalized spacial score (nSPS) is 22.7. The number of nitrogens with zero attached hydrogens (tertiary/aromatic N) is 6. The Bertz CT molecular complexity index is 1260. The molecular weight excluding hydrogens is 428 g/mol. The number of para-hydroxylation sites is 1. The Morgan fingerprint density at radius 1 is 1.24 bits per heavy atom. The standard InChI is InChI=1S/C26H30N6O2/c1-17-14-30(16-19(17)13-27)25-18(2)15-32-24(28-25)12-21(29-32)22-9-6-7-11-31(22)26(33)20-8-4-5-10-23(20)34-3/h4-5,8,10,12,15,17,19,22H,6-7,9,11,14,16H2,1-3H3/t17-,19+,22-/m0/s1. The van der Waals surface area contributed by atoms with Gasteiger partial charge in [-0.2, -0.15) is 10.4 Å². The highest BCUT2D eigenvalue weighted by molar-refractivity contribution is 5.97. The van der Waals surface area contributed by atoms with Crippen LogP contribution in [0.3, 0.4) is 0 Å². The molecule has 3 aromatic rings. The van der Waals surface area contributed by atoms with E-state index in [-0.39, 0.29) is 17.9 Å². The number of nitriles is 1. The summed E-state index contributed by atoms with van der Waals surface area (Å²) in [6.45, 7) is 6.37. The van der Waals surface area contributed by atoms with Gasteiger partial charge >= 0.3 is 0 Å². The van der Waals surface area contributed by atoms with Crippen molar-refractivity contribution in [1.29, 1.82) is 5.26 Å². The summed E-state index contributed by atoms with van der Waals surface area (Å²) < 4.78 is 7.26. The Morgan fingerprint density at radius 3 is 2.82 bits per heavy atom. The summed E-state index contributed by atoms with van der Waals surface area (Å²) in [5.74, 6) is 1.81. The average molecular weight is 459 g/mol. The molecule has 2 aromatic heterocycles. The van der Waals surface area contributed by atoms with Crippen LogP contribution in [0.25, 0.3) is 5.65 Å². The van der Waals surface area contributed by atoms with Crippen LogP contribution in [0, 0.1) is 30.1 Å². The molecule has 176 valence electrons. The molecule has 4 heterocycles. The van der Waals surface area contributed by atoms with Gasteiger partial charge < -0.3 is 14.5 Å². The zero-order valence-corrected chi connectivity index (χ0v) is 19.9. The summed E-state index contributed by atoms with van der Waals surface area (Å²) in [6.07, 6.45) is 4.89. The molecule has 1 aromatic carbocycles. The van der Waals surface area contributed by atoms with E-state index in [0.29, 0.717) is 30.3 Å². The molecule has 2 aliphatic rings. The lowest BCUT2D eigenvalue weighted by atomic mass is 9.98. The first-order valence-corrected chi connectivity index (χ1v) is 12.0. The van der Waals surface area contributed by atoms with Crippen LogP contribution in [-0.2, 0) is 0 Å². The molecule has 3 atom stereocenters. The van der Waals surface area contributed by atoms with Crippen LogP contribution in [0.15, 0.2) is 36.5 Å². The van der Waals surface area contributed by atoms with Crippen molar-refractivity contribution in [3.05, 3.63) is 53.3 Å². The minimum Gasteiger partial charge on any atom is -0.496 e. The Kier molecular flexibility index (Phi) is 5.86. The van der Waals surface area contributed by atoms with Crippen LogP contribution in [0.1, 0.15) is 53.8 Å². The molecule has 8 heteroatoms. The van der Waals surface area contributed by atoms with Crippen molar-refractivity contribution in [2.24, 2.45) is 11.8 Å². The predicted molar refractivity (Wildman–Crippen MR) is 129 cm³/mol. The number of hydrogen-bond donors (Lipinski definition) is 0. The predicted octanol–water partition coefficient (Wildman–Crippen LogP) is 4.01. The van der Waals surface area contributed by atoms with Crippen LogP contribution in [0.2, 0.25) is 0 Å². The lowest BCUT2D eigenvalue weighted by molar-refractivity contribution is 0.0602. The maximum atomic E-state index is 13.5. The Morgan fingerprint density at radius 2 is 2.06 bits per heavy atom. The van der Waals surface area contributed by atoms with Crippen molar-refractivity contribution >= 4 is 17.4 Å². The number of rotatable bonds is 4. The van der Waals surface area contributed by atoms with Crippen LogP contribution < -0.4 is 9.64 Å². The maximum Gasteiger partial charge on any atom is 0.258 e. The summed E-state index contributed by atoms with van der Waals surface area (Å²) in [4.78, 5) is 22.6. The van der Waals surface area contributed by atoms with E-state index in [0.717, 1.165) is 48.5 Å². The van der Waals surface area contributed by atoms with Crippen LogP contribution >= 0.6 is 0 Å². The molecule has 1 amide bonds. The third kappa shape index (κ3) is 3.85. The summed E-state index contributed by atoms with van der Waals surface area (Å²) in [6, 6.07) is 11.7. The fourth-order valence-electron chi connectivity index (χ4n) is 5.27. The molecule has 0 radical (unpaired) electrons. The van der Waals surface area contributed by atoms with Gasteiger partial charge in [0.15, 0.2) is 5.65 Å². The van der Waals surface area contributed by atoms with Crippen molar-refractivity contribution < 1.29 is 9.53 Å². The van der Waals surface area contributed by atoms with E-state index in [1.54, 1.807) is 7.11 Å². The number of benzene rings is 1. The Balaban J connectivity index is 1.47. The Hall–Kier alpha value is -3.60. The average Bonchev–Trinajstić information content (AvgIpc) is 3.45. The number of carbonyl (C=O) groups is 1. The maximum absolute atomic E-state index is 13.5. The molecule has 0 saturated carbocycles. The summed E-state index contributed by atoms with van der Waals surface area (Å²) in [5.41, 5.74) is 3.22. The third-order valence-corrected chi connectivity index (χ3v) is 7.14. The summed E-state index contributed by atoms with van der Waals surface area (Å²) in [5, 5.41) is 14.3. The lowest BCUT2D eigenvalue weighted by Crippen LogP contribution is -2.38. The molecule has 0 aliphatic carbocycles. The van der Waals surface area contributed by atoms with Crippen molar-refractivity contribution in [2.45, 2.75) is 39.2 Å². The van der Waals surface area contributed by atoms with E-state index in [2.05, 4.69) is 17.9 Å². The smallest absolute Gasteiger partial charge is 0.258 e. The van der Waals surface area contributed by atoms with Gasteiger partial charge in [0, 0.05) is 37.5 Å². The molecule has 2 fully saturated rings. The van der Waals surface area contributed by atoms with Gasteiger partial charge in [-0.05, 0) is 44.2 Å². The zero-order chi connectivity index (χ0) is 23.8. The molecular formula is C26H30N6O2. The van der Waals surface area contributed by atoms with Crippen molar-refractivity contribution in [1.82, 2.24) is 19.5 Å². The second-order valence-electron chi connectivity index (χ2n) is 9.45. The summed E-state index contributed by atoms with van der Waals surface area (Å²) >= 11 is 0. The molecule has 0 bridgehead atoms. The van der Waals surface area contributed by atoms with Crippen LogP contribution in [0.5, 0.6) is 5.75 Å². The van der Waals surface area contributed by atoms with Crippen molar-refractivity contribution in [3.8, 4) is 11.8 Å². The number of anilines is 1. The second-order valence-corrected chi connectivity index (χ2v) is 9.45. The first-order valence-electron chi connectivity index (χ1n) is 12.0. The van der Waals surface area contributed by atoms with E-state index < -0.39 is 0 Å². The highest BCUT2D eigenvalue weighted by atomic mass is 16.5. The van der Waals surface area contributed by atoms with Crippen molar-refractivity contribution in [3.63, 3.8) is 0 Å². The van der Waals surface area contributed by atoms with E-state index in [4.69, 9.17) is 14.8 Å². The highest BCUT2D eigenvalue weighted by Crippen LogP contribution is 2.34. The molecule has 2 saturated heterocycles. The molecule has 34 heavy (non-hydrogen) atoms. The number of aryl methyl sites for hydroxylation is 1. The summed E-state index contributed by atoms with van der Waals surface area (Å²) in [7, 11) is 1.59. The van der Waals surface area contributed by atoms with Gasteiger partial charge in [-0.3, -0.25) is 4.79 Å². The quantitative estimate of drug-likeness (QED) is 0.587. The van der Waals surface area contributed by atoms with Gasteiger partial charge in [-0.15, -0.1) is 0 Å². The van der Waals surface area contributed by atoms with Crippen molar-refractivity contribution in [2.75, 3.05) is 31.6 Å². The first-order chi connectivity index (χ1) is 16.5. The molecule has 5 rings (SSSR count). The fourth-order valence-corrected chi connectivity index (χ4v) is 5.27. The topological polar surface area (TPSA) is 86.8 Å². The highest BCUT2D eigenvalue weighted by Gasteiger charge is 2.33. The molecule has 2 aliphatic heterocycles. The van der Waals surface area contributed by atoms with Gasteiger partial charge in [0.25, 0.3) is 5.91 Å². The number of carbonyl (C=O) groups excluding carboxylic acids is 1. The molecule has 0 N–H and O–H groups in total. The van der Waals surface area contributed by atoms with Crippen LogP contribution in [0.4, 0.5) is 5.82 Å². The lowest BCUT2D eigenvalue weighted by Gasteiger charge is -2.35. The monoisotopic (exact) mass is 458 g/mol. The van der Waals surface area contributed by atoms with Gasteiger partial charge in [-0.1, -0.05) is 19.1 Å². The van der Waals surface area contributed by atoms with Gasteiger partial charge in [0.05, 0.1) is 36.4 Å². The number of piperidine rings is 1. The number of amides is 1. The van der Waals surface area contributed by atoms with E-state index in [1.807, 2.05) is 52.9 Å². The minimum atomic E-state index is -0.105. The number of ether oxygens (including phenoxy) is 1. The number of methoxy groups -OCH3 is 1. The molecule has 8 nitrogen and oxygen atoms in total.